The predicted molar refractivity (Wildman–Crippen MR) is 52.6 cm³/mol. The molecule has 74 valence electrons. The van der Waals surface area contributed by atoms with Crippen molar-refractivity contribution in [3.8, 4) is 0 Å². The number of aldehydes is 1. The van der Waals surface area contributed by atoms with E-state index in [-0.39, 0.29) is 0 Å². The second-order valence-corrected chi connectivity index (χ2v) is 3.30. The van der Waals surface area contributed by atoms with Gasteiger partial charge in [-0.1, -0.05) is 23.7 Å². The Morgan fingerprint density at radius 3 is 2.43 bits per heavy atom. The van der Waals surface area contributed by atoms with Gasteiger partial charge in [-0.15, -0.1) is 0 Å². The summed E-state index contributed by atoms with van der Waals surface area (Å²) < 4.78 is 4.75. The minimum Gasteiger partial charge on any atom is -0.443 e. The van der Waals surface area contributed by atoms with Crippen LogP contribution in [-0.4, -0.2) is 17.8 Å². The van der Waals surface area contributed by atoms with Gasteiger partial charge in [0.25, 0.3) is 0 Å². The molecule has 0 saturated heterocycles. The zero-order valence-corrected chi connectivity index (χ0v) is 8.32. The van der Waals surface area contributed by atoms with E-state index >= 15 is 0 Å². The molecule has 1 aromatic rings. The van der Waals surface area contributed by atoms with Crippen LogP contribution in [0.2, 0.25) is 0 Å². The van der Waals surface area contributed by atoms with Crippen LogP contribution in [0, 0.1) is 0 Å². The highest BCUT2D eigenvalue weighted by Gasteiger charge is 2.09. The highest BCUT2D eigenvalue weighted by molar-refractivity contribution is 6.20. The molecule has 0 N–H and O–H groups in total. The molecule has 1 atom stereocenters. The molecule has 14 heavy (non-hydrogen) atoms. The standard InChI is InChI=1S/C10H9ClO3/c1-7(11)14-10(13)9-4-2-8(6-12)3-5-9/h2-7H,1H3. The summed E-state index contributed by atoms with van der Waals surface area (Å²) in [5.41, 5.74) is 0.233. The fraction of sp³-hybridized carbons (Fsp3) is 0.200. The maximum atomic E-state index is 11.3. The molecule has 0 bridgehead atoms. The third kappa shape index (κ3) is 2.85. The number of hydrogen-bond donors (Lipinski definition) is 0. The molecule has 0 saturated carbocycles. The van der Waals surface area contributed by atoms with Crippen molar-refractivity contribution in [2.24, 2.45) is 0 Å². The number of esters is 1. The fourth-order valence-electron chi connectivity index (χ4n) is 0.913. The van der Waals surface area contributed by atoms with Gasteiger partial charge in [-0.05, 0) is 19.1 Å². The summed E-state index contributed by atoms with van der Waals surface area (Å²) in [4.78, 5) is 21.6. The minimum absolute atomic E-state index is 0.378. The molecule has 0 aliphatic carbocycles. The largest absolute Gasteiger partial charge is 0.443 e. The third-order valence-corrected chi connectivity index (χ3v) is 1.64. The summed E-state index contributed by atoms with van der Waals surface area (Å²) in [6.45, 7) is 1.55. The first-order valence-corrected chi connectivity index (χ1v) is 4.47. The third-order valence-electron chi connectivity index (χ3n) is 1.55. The summed E-state index contributed by atoms with van der Waals surface area (Å²) in [6.07, 6.45) is 0.708. The van der Waals surface area contributed by atoms with Gasteiger partial charge in [0.1, 0.15) is 6.29 Å². The van der Waals surface area contributed by atoms with Crippen LogP contribution in [0.25, 0.3) is 0 Å². The Kier molecular flexibility index (Phi) is 3.65. The average Bonchev–Trinajstić information content (AvgIpc) is 2.17. The van der Waals surface area contributed by atoms with Gasteiger partial charge in [0.05, 0.1) is 5.56 Å². The van der Waals surface area contributed by atoms with Crippen LogP contribution in [0.15, 0.2) is 24.3 Å². The smallest absolute Gasteiger partial charge is 0.339 e. The van der Waals surface area contributed by atoms with Gasteiger partial charge in [0.2, 0.25) is 0 Å². The van der Waals surface area contributed by atoms with E-state index in [2.05, 4.69) is 0 Å². The lowest BCUT2D eigenvalue weighted by Crippen LogP contribution is -2.09. The summed E-state index contributed by atoms with van der Waals surface area (Å²) >= 11 is 5.48. The van der Waals surface area contributed by atoms with Gasteiger partial charge in [-0.25, -0.2) is 4.79 Å². The van der Waals surface area contributed by atoms with Crippen molar-refractivity contribution in [1.82, 2.24) is 0 Å². The van der Waals surface area contributed by atoms with E-state index in [0.717, 1.165) is 0 Å². The van der Waals surface area contributed by atoms with Crippen molar-refractivity contribution in [2.45, 2.75) is 12.5 Å². The van der Waals surface area contributed by atoms with Crippen LogP contribution in [0.1, 0.15) is 27.6 Å². The lowest BCUT2D eigenvalue weighted by molar-refractivity contribution is 0.0472. The van der Waals surface area contributed by atoms with E-state index in [0.29, 0.717) is 17.4 Å². The number of carbonyl (C=O) groups is 2. The van der Waals surface area contributed by atoms with Crippen LogP contribution in [-0.2, 0) is 4.74 Å². The van der Waals surface area contributed by atoms with Gasteiger partial charge < -0.3 is 4.74 Å². The monoisotopic (exact) mass is 212 g/mol. The number of ether oxygens (including phenoxy) is 1. The minimum atomic E-state index is -0.659. The molecule has 0 heterocycles. The Balaban J connectivity index is 2.76. The van der Waals surface area contributed by atoms with E-state index in [1.807, 2.05) is 0 Å². The maximum absolute atomic E-state index is 11.3. The zero-order chi connectivity index (χ0) is 10.6. The summed E-state index contributed by atoms with van der Waals surface area (Å²) in [7, 11) is 0. The van der Waals surface area contributed by atoms with Gasteiger partial charge >= 0.3 is 5.97 Å². The summed E-state index contributed by atoms with van der Waals surface area (Å²) in [5, 5.41) is 0. The second kappa shape index (κ2) is 4.77. The molecule has 1 unspecified atom stereocenters. The lowest BCUT2D eigenvalue weighted by Gasteiger charge is -2.05. The Morgan fingerprint density at radius 2 is 2.00 bits per heavy atom. The molecular formula is C10H9ClO3. The van der Waals surface area contributed by atoms with Crippen molar-refractivity contribution in [3.05, 3.63) is 35.4 Å². The van der Waals surface area contributed by atoms with Gasteiger partial charge in [0.15, 0.2) is 5.56 Å². The summed E-state index contributed by atoms with van der Waals surface area (Å²) in [5.74, 6) is -0.495. The maximum Gasteiger partial charge on any atom is 0.339 e. The molecule has 0 radical (unpaired) electrons. The van der Waals surface area contributed by atoms with Gasteiger partial charge in [-0.3, -0.25) is 4.79 Å². The van der Waals surface area contributed by atoms with Crippen molar-refractivity contribution < 1.29 is 14.3 Å². The number of alkyl halides is 1. The fourth-order valence-corrected chi connectivity index (χ4v) is 0.994. The van der Waals surface area contributed by atoms with Crippen LogP contribution in [0.3, 0.4) is 0 Å². The van der Waals surface area contributed by atoms with Crippen LogP contribution >= 0.6 is 11.6 Å². The Bertz CT molecular complexity index is 330. The number of halogens is 1. The lowest BCUT2D eigenvalue weighted by atomic mass is 10.1. The number of hydrogen-bond acceptors (Lipinski definition) is 3. The van der Waals surface area contributed by atoms with E-state index in [4.69, 9.17) is 16.3 Å². The molecule has 1 rings (SSSR count). The van der Waals surface area contributed by atoms with Gasteiger partial charge in [-0.2, -0.15) is 0 Å². The molecule has 0 aliphatic rings. The summed E-state index contributed by atoms with van der Waals surface area (Å²) in [6, 6.07) is 6.13. The SMILES string of the molecule is CC(Cl)OC(=O)c1ccc(C=O)cc1. The first kappa shape index (κ1) is 10.7. The Morgan fingerprint density at radius 1 is 1.43 bits per heavy atom. The molecule has 0 fully saturated rings. The first-order valence-electron chi connectivity index (χ1n) is 4.04. The first-order chi connectivity index (χ1) is 6.63. The van der Waals surface area contributed by atoms with Crippen LogP contribution in [0.4, 0.5) is 0 Å². The van der Waals surface area contributed by atoms with Crippen molar-refractivity contribution in [2.75, 3.05) is 0 Å². The molecule has 3 nitrogen and oxygen atoms in total. The predicted octanol–water partition coefficient (Wildman–Crippen LogP) is 2.24. The van der Waals surface area contributed by atoms with Gasteiger partial charge in [0, 0.05) is 5.56 Å². The highest BCUT2D eigenvalue weighted by atomic mass is 35.5. The Hall–Kier alpha value is -1.35. The normalized spacial score (nSPS) is 11.9. The average molecular weight is 213 g/mol. The highest BCUT2D eigenvalue weighted by Crippen LogP contribution is 2.07. The number of rotatable bonds is 3. The molecule has 1 aromatic carbocycles. The zero-order valence-electron chi connectivity index (χ0n) is 7.57. The van der Waals surface area contributed by atoms with Crippen molar-refractivity contribution in [3.63, 3.8) is 0 Å². The van der Waals surface area contributed by atoms with E-state index < -0.39 is 11.5 Å². The molecule has 0 amide bonds. The number of benzene rings is 1. The number of carbonyl (C=O) groups excluding carboxylic acids is 2. The van der Waals surface area contributed by atoms with Crippen LogP contribution in [0.5, 0.6) is 0 Å². The molecule has 4 heteroatoms. The van der Waals surface area contributed by atoms with E-state index in [1.165, 1.54) is 12.1 Å². The van der Waals surface area contributed by atoms with Crippen molar-refractivity contribution in [1.29, 1.82) is 0 Å². The van der Waals surface area contributed by atoms with E-state index in [1.54, 1.807) is 19.1 Å². The topological polar surface area (TPSA) is 43.4 Å². The second-order valence-electron chi connectivity index (χ2n) is 2.69. The van der Waals surface area contributed by atoms with E-state index in [9.17, 15) is 9.59 Å². The molecular weight excluding hydrogens is 204 g/mol. The molecule has 0 aromatic heterocycles. The van der Waals surface area contributed by atoms with Crippen molar-refractivity contribution >= 4 is 23.9 Å². The quantitative estimate of drug-likeness (QED) is 0.439. The molecule has 0 aliphatic heterocycles. The molecule has 0 spiro atoms. The van der Waals surface area contributed by atoms with Crippen LogP contribution < -0.4 is 0 Å². The Labute approximate surface area is 86.6 Å².